The van der Waals surface area contributed by atoms with Gasteiger partial charge in [-0.1, -0.05) is 12.1 Å². The number of halogens is 5. The van der Waals surface area contributed by atoms with E-state index in [-0.39, 0.29) is 16.5 Å². The van der Waals surface area contributed by atoms with Gasteiger partial charge in [-0.25, -0.2) is 13.2 Å². The van der Waals surface area contributed by atoms with Crippen LogP contribution in [0, 0.1) is 17.5 Å². The maximum atomic E-state index is 14.1. The van der Waals surface area contributed by atoms with Crippen LogP contribution in [0.25, 0.3) is 0 Å². The van der Waals surface area contributed by atoms with Gasteiger partial charge in [0, 0.05) is 11.6 Å². The van der Waals surface area contributed by atoms with Crippen molar-refractivity contribution in [1.82, 2.24) is 5.32 Å². The van der Waals surface area contributed by atoms with Gasteiger partial charge in [-0.2, -0.15) is 0 Å². The number of likely N-dealkylation sites (N-methyl/N-ethyl adjacent to an activating group) is 1. The Labute approximate surface area is 137 Å². The lowest BCUT2D eigenvalue weighted by molar-refractivity contribution is 0.509. The molecule has 2 aromatic rings. The Kier molecular flexibility index (Phi) is 5.46. The summed E-state index contributed by atoms with van der Waals surface area (Å²) in [6, 6.07) is 6.69. The van der Waals surface area contributed by atoms with E-state index < -0.39 is 23.5 Å². The van der Waals surface area contributed by atoms with Crippen molar-refractivity contribution in [3.05, 3.63) is 67.9 Å². The molecule has 6 heteroatoms. The van der Waals surface area contributed by atoms with Gasteiger partial charge in [-0.3, -0.25) is 0 Å². The van der Waals surface area contributed by atoms with E-state index in [0.717, 1.165) is 0 Å². The Morgan fingerprint density at radius 2 is 1.76 bits per heavy atom. The number of nitrogens with one attached hydrogen (secondary N) is 1. The summed E-state index contributed by atoms with van der Waals surface area (Å²) < 4.78 is 42.0. The molecule has 0 spiro atoms. The highest BCUT2D eigenvalue weighted by Crippen LogP contribution is 2.31. The van der Waals surface area contributed by atoms with Gasteiger partial charge < -0.3 is 5.32 Å². The van der Waals surface area contributed by atoms with Gasteiger partial charge in [0.2, 0.25) is 0 Å². The predicted molar refractivity (Wildman–Crippen MR) is 83.7 cm³/mol. The molecule has 0 heterocycles. The summed E-state index contributed by atoms with van der Waals surface area (Å²) in [5, 5.41) is 2.96. The molecule has 0 aliphatic heterocycles. The second-order valence-electron chi connectivity index (χ2n) is 4.51. The molecule has 2 rings (SSSR count). The Bertz CT molecular complexity index is 662. The smallest absolute Gasteiger partial charge is 0.143 e. The SMILES string of the molecule is CNC(Cc1c(F)ccc(Br)c1F)c1cccc(F)c1Br. The first-order chi connectivity index (χ1) is 9.95. The van der Waals surface area contributed by atoms with Crippen LogP contribution in [0.15, 0.2) is 39.3 Å². The molecule has 0 radical (unpaired) electrons. The highest BCUT2D eigenvalue weighted by molar-refractivity contribution is 9.10. The molecule has 1 nitrogen and oxygen atoms in total. The number of rotatable bonds is 4. The molecule has 0 aromatic heterocycles. The van der Waals surface area contributed by atoms with Gasteiger partial charge in [0.1, 0.15) is 17.5 Å². The van der Waals surface area contributed by atoms with E-state index in [1.165, 1.54) is 18.2 Å². The van der Waals surface area contributed by atoms with Crippen LogP contribution in [-0.4, -0.2) is 7.05 Å². The topological polar surface area (TPSA) is 12.0 Å². The summed E-state index contributed by atoms with van der Waals surface area (Å²) in [5.41, 5.74) is 0.566. The van der Waals surface area contributed by atoms with Crippen LogP contribution in [-0.2, 0) is 6.42 Å². The minimum absolute atomic E-state index is 0.0418. The fourth-order valence-electron chi connectivity index (χ4n) is 2.12. The maximum Gasteiger partial charge on any atom is 0.143 e. The summed E-state index contributed by atoms with van der Waals surface area (Å²) in [4.78, 5) is 0. The Balaban J connectivity index is 2.41. The minimum Gasteiger partial charge on any atom is -0.313 e. The van der Waals surface area contributed by atoms with Crippen molar-refractivity contribution >= 4 is 31.9 Å². The Morgan fingerprint density at radius 3 is 2.43 bits per heavy atom. The Hall–Kier alpha value is -0.850. The van der Waals surface area contributed by atoms with Gasteiger partial charge in [0.15, 0.2) is 0 Å². The van der Waals surface area contributed by atoms with Gasteiger partial charge in [0.25, 0.3) is 0 Å². The van der Waals surface area contributed by atoms with Crippen molar-refractivity contribution in [2.75, 3.05) is 7.05 Å². The van der Waals surface area contributed by atoms with E-state index in [0.29, 0.717) is 10.0 Å². The van der Waals surface area contributed by atoms with Crippen LogP contribution in [0.2, 0.25) is 0 Å². The van der Waals surface area contributed by atoms with Crippen LogP contribution in [0.4, 0.5) is 13.2 Å². The van der Waals surface area contributed by atoms with Crippen LogP contribution in [0.3, 0.4) is 0 Å². The van der Waals surface area contributed by atoms with Gasteiger partial charge in [0.05, 0.1) is 8.95 Å². The molecule has 2 aromatic carbocycles. The maximum absolute atomic E-state index is 14.1. The fourth-order valence-corrected chi connectivity index (χ4v) is 3.03. The molecule has 1 atom stereocenters. The first-order valence-corrected chi connectivity index (χ1v) is 7.77. The summed E-state index contributed by atoms with van der Waals surface area (Å²) >= 11 is 6.22. The summed E-state index contributed by atoms with van der Waals surface area (Å²) in [5.74, 6) is -1.67. The van der Waals surface area contributed by atoms with Gasteiger partial charge in [-0.05, 0) is 69.1 Å². The van der Waals surface area contributed by atoms with Gasteiger partial charge >= 0.3 is 0 Å². The molecule has 0 saturated heterocycles. The third-order valence-corrected chi connectivity index (χ3v) is 4.70. The molecule has 0 aliphatic carbocycles. The summed E-state index contributed by atoms with van der Waals surface area (Å²) in [6.07, 6.45) is 0.0651. The third-order valence-electron chi connectivity index (χ3n) is 3.25. The molecule has 0 amide bonds. The van der Waals surface area contributed by atoms with Crippen molar-refractivity contribution in [2.24, 2.45) is 0 Å². The Morgan fingerprint density at radius 1 is 1.05 bits per heavy atom. The minimum atomic E-state index is -0.636. The van der Waals surface area contributed by atoms with E-state index >= 15 is 0 Å². The molecule has 1 N–H and O–H groups in total. The van der Waals surface area contributed by atoms with E-state index in [2.05, 4.69) is 37.2 Å². The zero-order valence-corrected chi connectivity index (χ0v) is 14.2. The van der Waals surface area contributed by atoms with Crippen molar-refractivity contribution < 1.29 is 13.2 Å². The zero-order valence-electron chi connectivity index (χ0n) is 11.1. The standard InChI is InChI=1S/C15H12Br2F3N/c1-21-13(8-3-2-4-12(19)14(8)17)7-9-11(18)6-5-10(16)15(9)20/h2-6,13,21H,7H2,1H3. The predicted octanol–water partition coefficient (Wildman–Crippen LogP) is 5.13. The normalized spacial score (nSPS) is 12.5. The molecule has 0 bridgehead atoms. The third kappa shape index (κ3) is 3.49. The summed E-state index contributed by atoms with van der Waals surface area (Å²) in [6.45, 7) is 0. The lowest BCUT2D eigenvalue weighted by Gasteiger charge is -2.19. The lowest BCUT2D eigenvalue weighted by atomic mass is 9.98. The largest absolute Gasteiger partial charge is 0.313 e. The highest BCUT2D eigenvalue weighted by atomic mass is 79.9. The van der Waals surface area contributed by atoms with Crippen molar-refractivity contribution in [2.45, 2.75) is 12.5 Å². The zero-order chi connectivity index (χ0) is 15.6. The lowest BCUT2D eigenvalue weighted by Crippen LogP contribution is -2.21. The first-order valence-electron chi connectivity index (χ1n) is 6.19. The molecule has 1 unspecified atom stereocenters. The van der Waals surface area contributed by atoms with Crippen LogP contribution in [0.5, 0.6) is 0 Å². The average Bonchev–Trinajstić information content (AvgIpc) is 2.47. The van der Waals surface area contributed by atoms with E-state index in [1.54, 1.807) is 19.2 Å². The van der Waals surface area contributed by atoms with E-state index in [4.69, 9.17) is 0 Å². The molecule has 0 fully saturated rings. The number of hydrogen-bond donors (Lipinski definition) is 1. The molecular formula is C15H12Br2F3N. The van der Waals surface area contributed by atoms with E-state index in [1.807, 2.05) is 0 Å². The second kappa shape index (κ2) is 6.94. The van der Waals surface area contributed by atoms with Crippen LogP contribution >= 0.6 is 31.9 Å². The fraction of sp³-hybridized carbons (Fsp3) is 0.200. The average molecular weight is 423 g/mol. The van der Waals surface area contributed by atoms with Crippen LogP contribution in [0.1, 0.15) is 17.2 Å². The molecule has 112 valence electrons. The molecule has 0 aliphatic rings. The van der Waals surface area contributed by atoms with Crippen molar-refractivity contribution in [3.63, 3.8) is 0 Å². The highest BCUT2D eigenvalue weighted by Gasteiger charge is 2.20. The van der Waals surface area contributed by atoms with Crippen LogP contribution < -0.4 is 5.32 Å². The monoisotopic (exact) mass is 421 g/mol. The molecule has 21 heavy (non-hydrogen) atoms. The first kappa shape index (κ1) is 16.5. The number of benzene rings is 2. The van der Waals surface area contributed by atoms with E-state index in [9.17, 15) is 13.2 Å². The number of hydrogen-bond acceptors (Lipinski definition) is 1. The van der Waals surface area contributed by atoms with Gasteiger partial charge in [-0.15, -0.1) is 0 Å². The summed E-state index contributed by atoms with van der Waals surface area (Å²) in [7, 11) is 1.66. The quantitative estimate of drug-likeness (QED) is 0.673. The second-order valence-corrected chi connectivity index (χ2v) is 6.16. The van der Waals surface area contributed by atoms with Crippen molar-refractivity contribution in [1.29, 1.82) is 0 Å². The molecular weight excluding hydrogens is 411 g/mol. The van der Waals surface area contributed by atoms with Crippen molar-refractivity contribution in [3.8, 4) is 0 Å². The molecule has 0 saturated carbocycles.